The number of nitrogens with zero attached hydrogens (tertiary/aromatic N) is 6. The Hall–Kier alpha value is -10.0. The molecule has 0 saturated heterocycles. The molecule has 15 rings (SSSR count). The fraction of sp³-hybridized carbons (Fsp3) is 0.184. The zero-order chi connectivity index (χ0) is 60.8. The van der Waals surface area contributed by atoms with E-state index in [0.29, 0.717) is 91.9 Å². The molecule has 0 amide bonds. The molecule has 0 N–H and O–H groups in total. The lowest BCUT2D eigenvalue weighted by Crippen LogP contribution is -2.34. The maximum atomic E-state index is 15.4. The summed E-state index contributed by atoms with van der Waals surface area (Å²) in [5.41, 5.74) is 8.37. The van der Waals surface area contributed by atoms with Gasteiger partial charge in [0.05, 0.1) is 67.1 Å². The molecule has 0 radical (unpaired) electrons. The topological polar surface area (TPSA) is 82.2 Å². The molecule has 2 aromatic heterocycles. The molecule has 2 unspecified atom stereocenters. The van der Waals surface area contributed by atoms with Crippen molar-refractivity contribution >= 4 is 66.2 Å². The molecule has 4 aliphatic carbocycles. The highest BCUT2D eigenvalue weighted by Crippen LogP contribution is 2.60. The van der Waals surface area contributed by atoms with Crippen LogP contribution in [0.25, 0.3) is 66.1 Å². The molecule has 9 aromatic rings. The van der Waals surface area contributed by atoms with Crippen LogP contribution in [0.2, 0.25) is 0 Å². The molecule has 7 aromatic carbocycles. The van der Waals surface area contributed by atoms with Crippen LogP contribution in [0, 0.1) is 33.5 Å². The maximum absolute atomic E-state index is 15.4. The van der Waals surface area contributed by atoms with E-state index in [1.807, 2.05) is 36.4 Å². The number of hydrogen-bond donors (Lipinski definition) is 0. The van der Waals surface area contributed by atoms with Crippen molar-refractivity contribution in [2.45, 2.75) is 77.6 Å². The van der Waals surface area contributed by atoms with Crippen molar-refractivity contribution < 1.29 is 26.3 Å². The molecule has 6 nitrogen and oxygen atoms in total. The Morgan fingerprint density at radius 1 is 0.477 bits per heavy atom. The molecule has 430 valence electrons. The van der Waals surface area contributed by atoms with E-state index >= 15 is 26.3 Å². The van der Waals surface area contributed by atoms with Crippen LogP contribution >= 0.6 is 0 Å². The normalized spacial score (nSPS) is 19.5. The minimum atomic E-state index is -4.82. The Balaban J connectivity index is 1.19. The van der Waals surface area contributed by atoms with Crippen molar-refractivity contribution in [1.29, 1.82) is 10.5 Å². The monoisotopic (exact) mass is 1160 g/mol. The zero-order valence-electron chi connectivity index (χ0n) is 48.4. The van der Waals surface area contributed by atoms with Crippen molar-refractivity contribution in [2.24, 2.45) is 20.8 Å². The highest BCUT2D eigenvalue weighted by molar-refractivity contribution is 6.15. The third-order valence-corrected chi connectivity index (χ3v) is 19.1. The molecule has 0 saturated carbocycles. The average molecular weight is 1170 g/mol. The first-order chi connectivity index (χ1) is 42.4. The summed E-state index contributed by atoms with van der Waals surface area (Å²) in [7, 11) is 0. The quantitative estimate of drug-likeness (QED) is 0.155. The summed E-state index contributed by atoms with van der Waals surface area (Å²) in [6.07, 6.45) is 8.89. The van der Waals surface area contributed by atoms with E-state index in [9.17, 15) is 10.5 Å². The smallest absolute Gasteiger partial charge is 0.306 e. The van der Waals surface area contributed by atoms with E-state index in [4.69, 9.17) is 9.98 Å². The summed E-state index contributed by atoms with van der Waals surface area (Å²) < 4.78 is 95.6. The van der Waals surface area contributed by atoms with Crippen LogP contribution in [-0.4, -0.2) is 20.6 Å². The Kier molecular flexibility index (Phi) is 12.3. The van der Waals surface area contributed by atoms with Crippen LogP contribution in [0.5, 0.6) is 0 Å². The Morgan fingerprint density at radius 3 is 1.24 bits per heavy atom. The molecule has 0 bridgehead atoms. The first-order valence-corrected chi connectivity index (χ1v) is 29.6. The van der Waals surface area contributed by atoms with Crippen molar-refractivity contribution in [1.82, 2.24) is 9.13 Å². The molecule has 12 heteroatoms. The van der Waals surface area contributed by atoms with E-state index in [0.717, 1.165) is 69.1 Å². The number of nitriles is 2. The fourth-order valence-electron chi connectivity index (χ4n) is 15.3. The van der Waals surface area contributed by atoms with Crippen molar-refractivity contribution in [3.05, 3.63) is 272 Å². The number of aromatic nitrogens is 2. The lowest BCUT2D eigenvalue weighted by Gasteiger charge is -2.44. The standard InChI is InChI=1S/C76H54F6N6/c1-73(2)57-25-13-15-27-59(57)85-69-53(37-35-47(67(69)73)43-19-7-5-8-20-43)65-55(41-83)71(87-61-29-17-11-23-49(61)51-33-31-45(39-63(51)87)75(77,78)79)72(88-62-30-18-12-24-50(62)52-34-32-46(40-64(52)88)76(80,81)82)56(42-84)66(65)54-38-36-48(44-21-9-6-10-22-44)68-70(54)86-60-28-16-14-26-58(60)74(68,3)4/h5-26,29-34,37-40,47-48H,27-28,35-36H2,1-4H3. The van der Waals surface area contributed by atoms with Gasteiger partial charge in [0.15, 0.2) is 0 Å². The third kappa shape index (κ3) is 8.07. The molecule has 0 spiro atoms. The number of benzene rings is 7. The molecule has 2 aliphatic heterocycles. The second-order valence-electron chi connectivity index (χ2n) is 24.5. The molecule has 6 aliphatic rings. The molecular formula is C76H54F6N6. The van der Waals surface area contributed by atoms with Gasteiger partial charge in [0.25, 0.3) is 0 Å². The van der Waals surface area contributed by atoms with Crippen LogP contribution in [0.3, 0.4) is 0 Å². The van der Waals surface area contributed by atoms with Gasteiger partial charge < -0.3 is 9.13 Å². The van der Waals surface area contributed by atoms with E-state index < -0.39 is 34.3 Å². The summed E-state index contributed by atoms with van der Waals surface area (Å²) in [5.74, 6) is -0.419. The van der Waals surface area contributed by atoms with Gasteiger partial charge in [-0.15, -0.1) is 0 Å². The van der Waals surface area contributed by atoms with E-state index in [1.54, 1.807) is 57.7 Å². The number of rotatable bonds is 6. The highest BCUT2D eigenvalue weighted by Gasteiger charge is 2.48. The minimum absolute atomic E-state index is 0.00577. The summed E-state index contributed by atoms with van der Waals surface area (Å²) >= 11 is 0. The lowest BCUT2D eigenvalue weighted by atomic mass is 9.61. The van der Waals surface area contributed by atoms with Crippen LogP contribution in [0.4, 0.5) is 26.3 Å². The maximum Gasteiger partial charge on any atom is 0.416 e. The Labute approximate surface area is 504 Å². The number of allylic oxidation sites excluding steroid dienone is 14. The predicted molar refractivity (Wildman–Crippen MR) is 338 cm³/mol. The Bertz CT molecular complexity index is 4690. The molecule has 4 heterocycles. The molecule has 2 atom stereocenters. The summed E-state index contributed by atoms with van der Waals surface area (Å²) in [5, 5.41) is 27.7. The molecule has 0 fully saturated rings. The Morgan fingerprint density at radius 2 is 0.852 bits per heavy atom. The van der Waals surface area contributed by atoms with Gasteiger partial charge in [-0.05, 0) is 82.7 Å². The van der Waals surface area contributed by atoms with Crippen LogP contribution in [-0.2, 0) is 12.4 Å². The SMILES string of the molecule is CC1(C)C2=CC=CCC2=NC2=C1C(c1ccccc1)CC=C2c1c(C#N)c(-n2c3ccccc3c3ccc(C(F)(F)F)cc32)c(-n2c3ccccc3c3ccc(C(F)(F)F)cc32)c(C#N)c1C1=CCC(c2ccccc2)C2=C1N=C1CC=CC=C1C2(C)C. The summed E-state index contributed by atoms with van der Waals surface area (Å²) in [6.45, 7) is 8.80. The van der Waals surface area contributed by atoms with E-state index in [2.05, 4.69) is 113 Å². The van der Waals surface area contributed by atoms with E-state index in [-0.39, 0.29) is 45.4 Å². The number of aliphatic imine (C=N–C) groups is 2. The highest BCUT2D eigenvalue weighted by atomic mass is 19.4. The average Bonchev–Trinajstić information content (AvgIpc) is 1.13. The van der Waals surface area contributed by atoms with Gasteiger partial charge in [-0.3, -0.25) is 9.98 Å². The van der Waals surface area contributed by atoms with Gasteiger partial charge in [0.1, 0.15) is 12.1 Å². The van der Waals surface area contributed by atoms with Gasteiger partial charge in [0, 0.05) is 90.7 Å². The summed E-state index contributed by atoms with van der Waals surface area (Å²) in [6, 6.07) is 47.1. The number of halogens is 6. The van der Waals surface area contributed by atoms with Crippen molar-refractivity contribution in [3.8, 4) is 23.5 Å². The first kappa shape index (κ1) is 54.6. The lowest BCUT2D eigenvalue weighted by molar-refractivity contribution is -0.138. The van der Waals surface area contributed by atoms with Gasteiger partial charge in [-0.2, -0.15) is 36.9 Å². The van der Waals surface area contributed by atoms with Crippen LogP contribution < -0.4 is 0 Å². The molecular weight excluding hydrogens is 1110 g/mol. The minimum Gasteiger partial charge on any atom is -0.306 e. The second kappa shape index (κ2) is 19.7. The first-order valence-electron chi connectivity index (χ1n) is 29.6. The van der Waals surface area contributed by atoms with Crippen molar-refractivity contribution in [3.63, 3.8) is 0 Å². The number of para-hydroxylation sites is 2. The number of hydrogen-bond acceptors (Lipinski definition) is 4. The number of fused-ring (bicyclic) bond motifs is 8. The molecule has 88 heavy (non-hydrogen) atoms. The van der Waals surface area contributed by atoms with Crippen LogP contribution in [0.1, 0.15) is 110 Å². The fourth-order valence-corrected chi connectivity index (χ4v) is 15.3. The van der Waals surface area contributed by atoms with E-state index in [1.165, 1.54) is 12.1 Å². The van der Waals surface area contributed by atoms with Crippen molar-refractivity contribution in [2.75, 3.05) is 0 Å². The summed E-state index contributed by atoms with van der Waals surface area (Å²) in [4.78, 5) is 11.4. The van der Waals surface area contributed by atoms with Gasteiger partial charge >= 0.3 is 12.4 Å². The number of alkyl halides is 6. The third-order valence-electron chi connectivity index (χ3n) is 19.1. The van der Waals surface area contributed by atoms with Crippen LogP contribution in [0.15, 0.2) is 238 Å². The largest absolute Gasteiger partial charge is 0.416 e. The van der Waals surface area contributed by atoms with Gasteiger partial charge in [-0.25, -0.2) is 0 Å². The van der Waals surface area contributed by atoms with Gasteiger partial charge in [-0.1, -0.05) is 185 Å². The van der Waals surface area contributed by atoms with Gasteiger partial charge in [0.2, 0.25) is 0 Å². The second-order valence-corrected chi connectivity index (χ2v) is 24.5. The zero-order valence-corrected chi connectivity index (χ0v) is 48.4. The predicted octanol–water partition coefficient (Wildman–Crippen LogP) is 20.0.